The summed E-state index contributed by atoms with van der Waals surface area (Å²) in [5, 5.41) is 10.0. The molecule has 0 radical (unpaired) electrons. The lowest BCUT2D eigenvalue weighted by Gasteiger charge is -2.42. The summed E-state index contributed by atoms with van der Waals surface area (Å²) in [5.74, 6) is 0. The third-order valence-electron chi connectivity index (χ3n) is 4.00. The number of hydrogen-bond acceptors (Lipinski definition) is 2. The Labute approximate surface area is 79.9 Å². The molecule has 1 N–H and O–H groups in total. The molecule has 2 nitrogen and oxygen atoms in total. The summed E-state index contributed by atoms with van der Waals surface area (Å²) < 4.78 is 0. The van der Waals surface area contributed by atoms with E-state index in [2.05, 4.69) is 4.90 Å². The molecule has 2 heteroatoms. The van der Waals surface area contributed by atoms with Crippen molar-refractivity contribution < 1.29 is 5.11 Å². The molecule has 13 heavy (non-hydrogen) atoms. The largest absolute Gasteiger partial charge is 0.390 e. The molecule has 2 unspecified atom stereocenters. The minimum absolute atomic E-state index is 0.364. The van der Waals surface area contributed by atoms with Gasteiger partial charge in [-0.25, -0.2) is 0 Å². The first-order chi connectivity index (χ1) is 6.16. The molecule has 0 spiro atoms. The van der Waals surface area contributed by atoms with Gasteiger partial charge >= 0.3 is 0 Å². The predicted octanol–water partition coefficient (Wildman–Crippen LogP) is 1.53. The SMILES string of the molecule is CC1(O)CC2CCC(C1)N2C1CC1. The van der Waals surface area contributed by atoms with Crippen molar-refractivity contribution in [3.8, 4) is 0 Å². The molecular weight excluding hydrogens is 162 g/mol. The molecular formula is C11H19NO. The van der Waals surface area contributed by atoms with Gasteiger partial charge in [0.05, 0.1) is 5.60 Å². The van der Waals surface area contributed by atoms with Crippen molar-refractivity contribution in [2.45, 2.75) is 69.2 Å². The lowest BCUT2D eigenvalue weighted by atomic mass is 9.88. The number of nitrogens with zero attached hydrogens (tertiary/aromatic N) is 1. The molecule has 2 saturated heterocycles. The Morgan fingerprint density at radius 1 is 1.00 bits per heavy atom. The van der Waals surface area contributed by atoms with Crippen LogP contribution in [0.15, 0.2) is 0 Å². The van der Waals surface area contributed by atoms with Crippen LogP contribution in [0.25, 0.3) is 0 Å². The highest BCUT2D eigenvalue weighted by Crippen LogP contribution is 2.46. The van der Waals surface area contributed by atoms with Crippen LogP contribution in [0.5, 0.6) is 0 Å². The number of piperidine rings is 1. The Kier molecular flexibility index (Phi) is 1.58. The summed E-state index contributed by atoms with van der Waals surface area (Å²) in [5.41, 5.74) is -0.364. The van der Waals surface area contributed by atoms with Crippen molar-refractivity contribution >= 4 is 0 Å². The molecule has 2 atom stereocenters. The van der Waals surface area contributed by atoms with Gasteiger partial charge < -0.3 is 5.11 Å². The first-order valence-corrected chi connectivity index (χ1v) is 5.65. The van der Waals surface area contributed by atoms with Crippen LogP contribution in [0.3, 0.4) is 0 Å². The van der Waals surface area contributed by atoms with E-state index in [4.69, 9.17) is 0 Å². The van der Waals surface area contributed by atoms with Gasteiger partial charge in [0, 0.05) is 18.1 Å². The highest BCUT2D eigenvalue weighted by molar-refractivity contribution is 5.05. The van der Waals surface area contributed by atoms with E-state index in [9.17, 15) is 5.11 Å². The lowest BCUT2D eigenvalue weighted by Crippen LogP contribution is -2.50. The van der Waals surface area contributed by atoms with Crippen LogP contribution in [0.4, 0.5) is 0 Å². The number of rotatable bonds is 1. The van der Waals surface area contributed by atoms with Crippen molar-refractivity contribution in [3.05, 3.63) is 0 Å². The number of aliphatic hydroxyl groups is 1. The summed E-state index contributed by atoms with van der Waals surface area (Å²) in [4.78, 5) is 2.72. The second-order valence-corrected chi connectivity index (χ2v) is 5.47. The Morgan fingerprint density at radius 3 is 1.92 bits per heavy atom. The van der Waals surface area contributed by atoms with Gasteiger partial charge in [0.1, 0.15) is 0 Å². The third-order valence-corrected chi connectivity index (χ3v) is 4.00. The van der Waals surface area contributed by atoms with Gasteiger partial charge in [-0.05, 0) is 45.4 Å². The first-order valence-electron chi connectivity index (χ1n) is 5.65. The second kappa shape index (κ2) is 2.48. The van der Waals surface area contributed by atoms with E-state index in [1.54, 1.807) is 0 Å². The van der Waals surface area contributed by atoms with Gasteiger partial charge in [0.25, 0.3) is 0 Å². The topological polar surface area (TPSA) is 23.5 Å². The van der Waals surface area contributed by atoms with Crippen LogP contribution in [0.1, 0.15) is 45.4 Å². The van der Waals surface area contributed by atoms with E-state index in [-0.39, 0.29) is 5.60 Å². The Morgan fingerprint density at radius 2 is 1.46 bits per heavy atom. The molecule has 1 aliphatic carbocycles. The molecule has 74 valence electrons. The lowest BCUT2D eigenvalue weighted by molar-refractivity contribution is -0.0411. The van der Waals surface area contributed by atoms with Gasteiger partial charge in [-0.2, -0.15) is 0 Å². The van der Waals surface area contributed by atoms with Crippen LogP contribution < -0.4 is 0 Å². The maximum Gasteiger partial charge on any atom is 0.0649 e. The molecule has 2 bridgehead atoms. The molecule has 0 aromatic rings. The van der Waals surface area contributed by atoms with E-state index < -0.39 is 0 Å². The molecule has 3 rings (SSSR count). The highest BCUT2D eigenvalue weighted by Gasteiger charge is 2.49. The van der Waals surface area contributed by atoms with Gasteiger partial charge in [-0.3, -0.25) is 4.90 Å². The highest BCUT2D eigenvalue weighted by atomic mass is 16.3. The summed E-state index contributed by atoms with van der Waals surface area (Å²) in [6.45, 7) is 2.02. The van der Waals surface area contributed by atoms with Crippen LogP contribution in [0, 0.1) is 0 Å². The summed E-state index contributed by atoms with van der Waals surface area (Å²) in [6, 6.07) is 2.32. The van der Waals surface area contributed by atoms with Crippen molar-refractivity contribution in [1.82, 2.24) is 4.90 Å². The Hall–Kier alpha value is -0.0800. The van der Waals surface area contributed by atoms with Gasteiger partial charge in [-0.1, -0.05) is 0 Å². The maximum absolute atomic E-state index is 10.0. The fraction of sp³-hybridized carbons (Fsp3) is 1.00. The molecule has 1 saturated carbocycles. The van der Waals surface area contributed by atoms with Crippen molar-refractivity contribution in [3.63, 3.8) is 0 Å². The maximum atomic E-state index is 10.0. The molecule has 0 aromatic carbocycles. The average molecular weight is 181 g/mol. The van der Waals surface area contributed by atoms with Crippen molar-refractivity contribution in [2.75, 3.05) is 0 Å². The standard InChI is InChI=1S/C11H19NO/c1-11(13)6-9-4-5-10(7-11)12(9)8-2-3-8/h8-10,13H,2-7H2,1H3. The smallest absolute Gasteiger partial charge is 0.0649 e. The van der Waals surface area contributed by atoms with Crippen LogP contribution >= 0.6 is 0 Å². The van der Waals surface area contributed by atoms with E-state index in [1.165, 1.54) is 25.7 Å². The van der Waals surface area contributed by atoms with Gasteiger partial charge in [0.15, 0.2) is 0 Å². The molecule has 0 amide bonds. The van der Waals surface area contributed by atoms with Crippen molar-refractivity contribution in [2.24, 2.45) is 0 Å². The molecule has 3 fully saturated rings. The molecule has 2 aliphatic heterocycles. The van der Waals surface area contributed by atoms with E-state index in [0.717, 1.165) is 18.9 Å². The zero-order chi connectivity index (χ0) is 9.05. The third kappa shape index (κ3) is 1.31. The Bertz CT molecular complexity index is 206. The van der Waals surface area contributed by atoms with Gasteiger partial charge in [-0.15, -0.1) is 0 Å². The zero-order valence-electron chi connectivity index (χ0n) is 8.37. The second-order valence-electron chi connectivity index (χ2n) is 5.47. The summed E-state index contributed by atoms with van der Waals surface area (Å²) >= 11 is 0. The van der Waals surface area contributed by atoms with Crippen LogP contribution in [0.2, 0.25) is 0 Å². The fourth-order valence-corrected chi connectivity index (χ4v) is 3.46. The monoisotopic (exact) mass is 181 g/mol. The number of fused-ring (bicyclic) bond motifs is 2. The minimum atomic E-state index is -0.364. The summed E-state index contributed by atoms with van der Waals surface area (Å²) in [7, 11) is 0. The van der Waals surface area contributed by atoms with E-state index >= 15 is 0 Å². The van der Waals surface area contributed by atoms with Gasteiger partial charge in [0.2, 0.25) is 0 Å². The molecule has 0 aromatic heterocycles. The minimum Gasteiger partial charge on any atom is -0.390 e. The predicted molar refractivity (Wildman–Crippen MR) is 51.5 cm³/mol. The molecule has 3 aliphatic rings. The van der Waals surface area contributed by atoms with Crippen LogP contribution in [-0.2, 0) is 0 Å². The Balaban J connectivity index is 1.80. The normalized spacial score (nSPS) is 51.2. The fourth-order valence-electron chi connectivity index (χ4n) is 3.46. The zero-order valence-corrected chi connectivity index (χ0v) is 8.37. The van der Waals surface area contributed by atoms with E-state index in [1.807, 2.05) is 6.92 Å². The molecule has 2 heterocycles. The summed E-state index contributed by atoms with van der Waals surface area (Å²) in [6.07, 6.45) is 7.51. The van der Waals surface area contributed by atoms with Crippen LogP contribution in [-0.4, -0.2) is 33.7 Å². The quantitative estimate of drug-likeness (QED) is 0.663. The first kappa shape index (κ1) is 8.25. The number of hydrogen-bond donors (Lipinski definition) is 1. The van der Waals surface area contributed by atoms with E-state index in [0.29, 0.717) is 12.1 Å². The average Bonchev–Trinajstić information content (AvgIpc) is 2.79. The van der Waals surface area contributed by atoms with Crippen molar-refractivity contribution in [1.29, 1.82) is 0 Å².